The average Bonchev–Trinajstić information content (AvgIpc) is 2.99. The highest BCUT2D eigenvalue weighted by Gasteiger charge is 2.10. The third-order valence-electron chi connectivity index (χ3n) is 2.54. The molecular weight excluding hydrogens is 232 g/mol. The third-order valence-corrected chi connectivity index (χ3v) is 2.54. The molecule has 94 valence electrons. The van der Waals surface area contributed by atoms with Crippen LogP contribution in [0.4, 0.5) is 0 Å². The number of carbonyl (C=O) groups is 2. The van der Waals surface area contributed by atoms with E-state index in [2.05, 4.69) is 20.3 Å². The van der Waals surface area contributed by atoms with Gasteiger partial charge in [-0.25, -0.2) is 4.98 Å². The Morgan fingerprint density at radius 1 is 1.39 bits per heavy atom. The van der Waals surface area contributed by atoms with Crippen molar-refractivity contribution >= 4 is 11.7 Å². The van der Waals surface area contributed by atoms with Crippen molar-refractivity contribution in [1.29, 1.82) is 0 Å². The van der Waals surface area contributed by atoms with Crippen LogP contribution in [-0.4, -0.2) is 33.2 Å². The molecule has 3 N–H and O–H groups in total. The van der Waals surface area contributed by atoms with Crippen LogP contribution in [0, 0.1) is 0 Å². The maximum absolute atomic E-state index is 11.7. The standard InChI is InChI=1S/C12H14N4O2/c1-8(17)9-6-10(16-7-9)12(18)15-3-2-11-13-4-5-14-11/h4-7,16H,2-3H2,1H3,(H,13,14)(H,15,18). The van der Waals surface area contributed by atoms with Gasteiger partial charge in [0.2, 0.25) is 0 Å². The topological polar surface area (TPSA) is 90.6 Å². The Morgan fingerprint density at radius 3 is 2.83 bits per heavy atom. The quantitative estimate of drug-likeness (QED) is 0.685. The Bertz CT molecular complexity index is 542. The predicted octanol–water partition coefficient (Wildman–Crippen LogP) is 0.913. The number of hydrogen-bond donors (Lipinski definition) is 3. The van der Waals surface area contributed by atoms with E-state index in [1.165, 1.54) is 13.1 Å². The fourth-order valence-corrected chi connectivity index (χ4v) is 1.55. The molecule has 0 bridgehead atoms. The number of imidazole rings is 1. The van der Waals surface area contributed by atoms with Crippen LogP contribution in [0.3, 0.4) is 0 Å². The second-order valence-corrected chi connectivity index (χ2v) is 3.90. The van der Waals surface area contributed by atoms with Gasteiger partial charge in [0.1, 0.15) is 11.5 Å². The van der Waals surface area contributed by atoms with Gasteiger partial charge < -0.3 is 15.3 Å². The fraction of sp³-hybridized carbons (Fsp3) is 0.250. The van der Waals surface area contributed by atoms with Crippen LogP contribution in [-0.2, 0) is 6.42 Å². The molecule has 0 aliphatic rings. The van der Waals surface area contributed by atoms with Gasteiger partial charge in [0, 0.05) is 37.1 Å². The highest BCUT2D eigenvalue weighted by molar-refractivity contribution is 5.99. The van der Waals surface area contributed by atoms with Gasteiger partial charge in [-0.3, -0.25) is 9.59 Å². The Morgan fingerprint density at radius 2 is 2.22 bits per heavy atom. The molecule has 0 fully saturated rings. The van der Waals surface area contributed by atoms with Gasteiger partial charge in [0.15, 0.2) is 5.78 Å². The number of hydrogen-bond acceptors (Lipinski definition) is 3. The molecule has 1 amide bonds. The summed E-state index contributed by atoms with van der Waals surface area (Å²) in [7, 11) is 0. The lowest BCUT2D eigenvalue weighted by atomic mass is 10.2. The minimum absolute atomic E-state index is 0.0686. The first-order valence-electron chi connectivity index (χ1n) is 5.62. The fourth-order valence-electron chi connectivity index (χ4n) is 1.55. The first-order chi connectivity index (χ1) is 8.66. The molecule has 0 unspecified atom stereocenters. The first-order valence-corrected chi connectivity index (χ1v) is 5.62. The van der Waals surface area contributed by atoms with Crippen LogP contribution >= 0.6 is 0 Å². The van der Waals surface area contributed by atoms with E-state index in [9.17, 15) is 9.59 Å². The highest BCUT2D eigenvalue weighted by Crippen LogP contribution is 2.04. The summed E-state index contributed by atoms with van der Waals surface area (Å²) >= 11 is 0. The van der Waals surface area contributed by atoms with Crippen molar-refractivity contribution in [2.24, 2.45) is 0 Å². The normalized spacial score (nSPS) is 10.3. The number of rotatable bonds is 5. The van der Waals surface area contributed by atoms with E-state index in [-0.39, 0.29) is 11.7 Å². The molecule has 0 saturated heterocycles. The third kappa shape index (κ3) is 2.85. The molecule has 0 radical (unpaired) electrons. The van der Waals surface area contributed by atoms with E-state index >= 15 is 0 Å². The number of aromatic nitrogens is 3. The molecule has 0 spiro atoms. The van der Waals surface area contributed by atoms with Gasteiger partial charge >= 0.3 is 0 Å². The Kier molecular flexibility index (Phi) is 3.57. The van der Waals surface area contributed by atoms with Crippen LogP contribution in [0.5, 0.6) is 0 Å². The minimum Gasteiger partial charge on any atom is -0.356 e. The number of amides is 1. The molecule has 6 heteroatoms. The summed E-state index contributed by atoms with van der Waals surface area (Å²) in [5, 5.41) is 2.75. The van der Waals surface area contributed by atoms with Crippen molar-refractivity contribution in [1.82, 2.24) is 20.3 Å². The maximum Gasteiger partial charge on any atom is 0.267 e. The smallest absolute Gasteiger partial charge is 0.267 e. The van der Waals surface area contributed by atoms with Crippen LogP contribution < -0.4 is 5.32 Å². The van der Waals surface area contributed by atoms with Crippen molar-refractivity contribution in [3.8, 4) is 0 Å². The Labute approximate surface area is 104 Å². The zero-order chi connectivity index (χ0) is 13.0. The SMILES string of the molecule is CC(=O)c1c[nH]c(C(=O)NCCc2ncc[nH]2)c1. The zero-order valence-electron chi connectivity index (χ0n) is 9.99. The van der Waals surface area contributed by atoms with E-state index in [0.717, 1.165) is 5.82 Å². The molecule has 6 nitrogen and oxygen atoms in total. The summed E-state index contributed by atoms with van der Waals surface area (Å²) in [6, 6.07) is 1.55. The number of H-pyrrole nitrogens is 2. The molecule has 0 aliphatic heterocycles. The molecule has 2 rings (SSSR count). The summed E-state index contributed by atoms with van der Waals surface area (Å²) in [6.07, 6.45) is 5.57. The monoisotopic (exact) mass is 246 g/mol. The Hall–Kier alpha value is -2.37. The minimum atomic E-state index is -0.228. The average molecular weight is 246 g/mol. The molecule has 2 aromatic heterocycles. The van der Waals surface area contributed by atoms with Gasteiger partial charge in [0.05, 0.1) is 0 Å². The summed E-state index contributed by atoms with van der Waals surface area (Å²) in [4.78, 5) is 32.6. The molecule has 0 aliphatic carbocycles. The summed E-state index contributed by atoms with van der Waals surface area (Å²) in [6.45, 7) is 1.95. The van der Waals surface area contributed by atoms with E-state index in [1.807, 2.05) is 0 Å². The lowest BCUT2D eigenvalue weighted by Gasteiger charge is -2.01. The van der Waals surface area contributed by atoms with E-state index < -0.39 is 0 Å². The molecule has 0 atom stereocenters. The number of carbonyl (C=O) groups excluding carboxylic acids is 2. The lowest BCUT2D eigenvalue weighted by Crippen LogP contribution is -2.26. The van der Waals surface area contributed by atoms with Gasteiger partial charge in [-0.05, 0) is 13.0 Å². The van der Waals surface area contributed by atoms with E-state index in [4.69, 9.17) is 0 Å². The molecular formula is C12H14N4O2. The molecule has 0 saturated carbocycles. The summed E-state index contributed by atoms with van der Waals surface area (Å²) in [5.74, 6) is 0.529. The van der Waals surface area contributed by atoms with Gasteiger partial charge in [-0.15, -0.1) is 0 Å². The van der Waals surface area contributed by atoms with Crippen LogP contribution in [0.1, 0.15) is 33.6 Å². The zero-order valence-corrected chi connectivity index (χ0v) is 9.99. The van der Waals surface area contributed by atoms with Crippen LogP contribution in [0.15, 0.2) is 24.7 Å². The highest BCUT2D eigenvalue weighted by atomic mass is 16.2. The largest absolute Gasteiger partial charge is 0.356 e. The molecule has 18 heavy (non-hydrogen) atoms. The lowest BCUT2D eigenvalue weighted by molar-refractivity contribution is 0.0949. The molecule has 2 heterocycles. The number of Topliss-reactive ketones (excluding diaryl/α,β-unsaturated/α-hetero) is 1. The molecule has 2 aromatic rings. The van der Waals surface area contributed by atoms with Crippen molar-refractivity contribution in [3.05, 3.63) is 41.7 Å². The van der Waals surface area contributed by atoms with Crippen molar-refractivity contribution in [3.63, 3.8) is 0 Å². The first kappa shape index (κ1) is 12.1. The number of nitrogens with one attached hydrogen (secondary N) is 3. The van der Waals surface area contributed by atoms with Gasteiger partial charge in [-0.1, -0.05) is 0 Å². The van der Waals surface area contributed by atoms with Crippen LogP contribution in [0.2, 0.25) is 0 Å². The Balaban J connectivity index is 1.85. The van der Waals surface area contributed by atoms with Crippen LogP contribution in [0.25, 0.3) is 0 Å². The van der Waals surface area contributed by atoms with Crippen molar-refractivity contribution < 1.29 is 9.59 Å². The van der Waals surface area contributed by atoms with Crippen molar-refractivity contribution in [2.45, 2.75) is 13.3 Å². The van der Waals surface area contributed by atoms with Gasteiger partial charge in [-0.2, -0.15) is 0 Å². The van der Waals surface area contributed by atoms with E-state index in [0.29, 0.717) is 24.2 Å². The predicted molar refractivity (Wildman–Crippen MR) is 65.4 cm³/mol. The van der Waals surface area contributed by atoms with E-state index in [1.54, 1.807) is 18.5 Å². The second kappa shape index (κ2) is 5.31. The summed E-state index contributed by atoms with van der Waals surface area (Å²) in [5.41, 5.74) is 0.894. The van der Waals surface area contributed by atoms with Gasteiger partial charge in [0.25, 0.3) is 5.91 Å². The second-order valence-electron chi connectivity index (χ2n) is 3.90. The number of nitrogens with zero attached hydrogens (tertiary/aromatic N) is 1. The van der Waals surface area contributed by atoms with Crippen molar-refractivity contribution in [2.75, 3.05) is 6.54 Å². The molecule has 0 aromatic carbocycles. The number of ketones is 1. The summed E-state index contributed by atoms with van der Waals surface area (Å²) < 4.78 is 0. The maximum atomic E-state index is 11.7. The number of aromatic amines is 2.